The lowest BCUT2D eigenvalue weighted by Crippen LogP contribution is -2.01. The molecule has 0 unspecified atom stereocenters. The van der Waals surface area contributed by atoms with E-state index in [1.807, 2.05) is 54.6 Å². The molecule has 6 rings (SSSR count). The second-order valence-electron chi connectivity index (χ2n) is 9.92. The van der Waals surface area contributed by atoms with E-state index in [0.717, 1.165) is 11.8 Å². The maximum atomic E-state index is 12.4. The van der Waals surface area contributed by atoms with Crippen molar-refractivity contribution in [2.24, 2.45) is 20.5 Å². The van der Waals surface area contributed by atoms with Crippen LogP contribution in [0.1, 0.15) is 0 Å². The zero-order valence-corrected chi connectivity index (χ0v) is 25.9. The number of anilines is 2. The molecule has 3 N–H and O–H groups in total. The minimum Gasteiger partial charge on any atom is -0.355 e. The van der Waals surface area contributed by atoms with E-state index in [-0.39, 0.29) is 21.0 Å². The lowest BCUT2D eigenvalue weighted by Gasteiger charge is -2.14. The Kier molecular flexibility index (Phi) is 8.34. The molecule has 0 spiro atoms. The average Bonchev–Trinajstić information content (AvgIpc) is 3.03. The number of rotatable bonds is 8. The van der Waals surface area contributed by atoms with E-state index in [1.165, 1.54) is 24.3 Å². The molecule has 0 fully saturated rings. The van der Waals surface area contributed by atoms with Gasteiger partial charge in [-0.1, -0.05) is 66.2 Å². The van der Waals surface area contributed by atoms with Crippen molar-refractivity contribution in [3.63, 3.8) is 0 Å². The van der Waals surface area contributed by atoms with Gasteiger partial charge >= 0.3 is 0 Å². The van der Waals surface area contributed by atoms with E-state index in [1.54, 1.807) is 30.3 Å². The van der Waals surface area contributed by atoms with Crippen molar-refractivity contribution >= 4 is 87.5 Å². The van der Waals surface area contributed by atoms with Crippen LogP contribution in [-0.4, -0.2) is 25.9 Å². The fraction of sp³-hybridized carbons (Fsp3) is 0. The molecule has 0 atom stereocenters. The summed E-state index contributed by atoms with van der Waals surface area (Å²) < 4.78 is 67.4. The maximum Gasteiger partial charge on any atom is 0.296 e. The normalized spacial score (nSPS) is 12.4. The second-order valence-corrected chi connectivity index (χ2v) is 13.1. The monoisotopic (exact) mass is 671 g/mol. The first-order valence-corrected chi connectivity index (χ1v) is 16.7. The highest BCUT2D eigenvalue weighted by Crippen LogP contribution is 2.40. The van der Waals surface area contributed by atoms with Crippen molar-refractivity contribution in [2.75, 3.05) is 5.32 Å². The smallest absolute Gasteiger partial charge is 0.296 e. The van der Waals surface area contributed by atoms with E-state index in [4.69, 9.17) is 11.6 Å². The van der Waals surface area contributed by atoms with E-state index < -0.39 is 25.1 Å². The van der Waals surface area contributed by atoms with Crippen LogP contribution >= 0.6 is 11.6 Å². The van der Waals surface area contributed by atoms with Gasteiger partial charge in [0.25, 0.3) is 20.2 Å². The van der Waals surface area contributed by atoms with Crippen molar-refractivity contribution in [1.29, 1.82) is 0 Å². The third-order valence-corrected chi connectivity index (χ3v) is 9.15. The van der Waals surface area contributed by atoms with Crippen LogP contribution < -0.4 is 5.32 Å². The first-order valence-electron chi connectivity index (χ1n) is 13.5. The molecule has 0 aromatic heterocycles. The van der Waals surface area contributed by atoms with Crippen molar-refractivity contribution in [1.82, 2.24) is 0 Å². The molecule has 11 nitrogen and oxygen atoms in total. The van der Waals surface area contributed by atoms with E-state index >= 15 is 0 Å². The number of para-hydroxylation sites is 1. The summed E-state index contributed by atoms with van der Waals surface area (Å²) in [6, 6.07) is 31.6. The predicted octanol–water partition coefficient (Wildman–Crippen LogP) is 9.71. The van der Waals surface area contributed by atoms with Crippen LogP contribution in [0.2, 0.25) is 5.02 Å². The van der Waals surface area contributed by atoms with Crippen molar-refractivity contribution < 1.29 is 25.9 Å². The van der Waals surface area contributed by atoms with Crippen LogP contribution in [-0.2, 0) is 20.2 Å². The molecule has 0 radical (unpaired) electrons. The quantitative estimate of drug-likeness (QED) is 0.107. The van der Waals surface area contributed by atoms with Gasteiger partial charge in [-0.15, -0.1) is 15.3 Å². The van der Waals surface area contributed by atoms with Crippen LogP contribution in [0.4, 0.5) is 34.1 Å². The summed E-state index contributed by atoms with van der Waals surface area (Å²) in [5.74, 6) is 0. The number of azo groups is 2. The van der Waals surface area contributed by atoms with Gasteiger partial charge in [0, 0.05) is 32.9 Å². The molecule has 0 saturated carbocycles. The Morgan fingerprint density at radius 2 is 1.09 bits per heavy atom. The van der Waals surface area contributed by atoms with Gasteiger partial charge in [0.05, 0.1) is 27.8 Å². The highest BCUT2D eigenvalue weighted by atomic mass is 35.5. The molecule has 6 aromatic rings. The Balaban J connectivity index is 1.40. The second kappa shape index (κ2) is 12.4. The number of halogens is 1. The third kappa shape index (κ3) is 6.49. The van der Waals surface area contributed by atoms with Gasteiger partial charge in [-0.25, -0.2) is 0 Å². The van der Waals surface area contributed by atoms with Gasteiger partial charge in [-0.3, -0.25) is 9.11 Å². The number of nitrogens with zero attached hydrogens (tertiary/aromatic N) is 4. The van der Waals surface area contributed by atoms with Crippen LogP contribution in [0, 0.1) is 0 Å². The average molecular weight is 672 g/mol. The molecule has 0 aliphatic heterocycles. The number of hydrogen-bond donors (Lipinski definition) is 3. The Morgan fingerprint density at radius 3 is 1.72 bits per heavy atom. The molecule has 230 valence electrons. The topological polar surface area (TPSA) is 170 Å². The first-order chi connectivity index (χ1) is 22.0. The summed E-state index contributed by atoms with van der Waals surface area (Å²) in [6.07, 6.45) is 0. The zero-order valence-electron chi connectivity index (χ0n) is 23.5. The lowest BCUT2D eigenvalue weighted by atomic mass is 10.1. The number of hydrogen-bond acceptors (Lipinski definition) is 9. The molecule has 6 aromatic carbocycles. The van der Waals surface area contributed by atoms with Crippen LogP contribution in [0.25, 0.3) is 21.5 Å². The summed E-state index contributed by atoms with van der Waals surface area (Å²) in [5.41, 5.74) is 2.65. The molecule has 0 aliphatic carbocycles. The third-order valence-electron chi connectivity index (χ3n) is 6.92. The lowest BCUT2D eigenvalue weighted by molar-refractivity contribution is 0.481. The number of nitrogens with one attached hydrogen (secondary N) is 1. The fourth-order valence-electron chi connectivity index (χ4n) is 4.85. The molecular weight excluding hydrogens is 650 g/mol. The number of benzene rings is 6. The van der Waals surface area contributed by atoms with E-state index in [2.05, 4.69) is 25.8 Å². The van der Waals surface area contributed by atoms with Gasteiger partial charge in [-0.2, -0.15) is 21.9 Å². The number of fused-ring (bicyclic) bond motifs is 2. The van der Waals surface area contributed by atoms with Crippen LogP contribution in [0.15, 0.2) is 146 Å². The standard InChI is InChI=1S/C32H22ClN5O6S2/c33-25-14-13-21(19-31(25)46(42,43)44)35-36-26-15-16-27(23-10-5-4-9-22(23)26)37-38-28-17-18-29(34-20-7-2-1-3-8-20)32-24(28)11-6-12-30(32)45(39,40)41/h1-19,34H,(H,39,40,41)(H,42,43,44). The molecule has 0 heterocycles. The Labute approximate surface area is 268 Å². The SMILES string of the molecule is O=S(=O)(O)c1cc(N=Nc2ccc(N=Nc3ccc(Nc4ccccc4)c4c(S(=O)(=O)O)cccc34)c3ccccc23)ccc1Cl. The van der Waals surface area contributed by atoms with Crippen molar-refractivity contribution in [2.45, 2.75) is 9.79 Å². The van der Waals surface area contributed by atoms with Crippen molar-refractivity contribution in [3.8, 4) is 0 Å². The summed E-state index contributed by atoms with van der Waals surface area (Å²) in [4.78, 5) is -0.753. The fourth-order valence-corrected chi connectivity index (χ4v) is 6.58. The van der Waals surface area contributed by atoms with Gasteiger partial charge in [0.15, 0.2) is 0 Å². The highest BCUT2D eigenvalue weighted by molar-refractivity contribution is 7.86. The minimum atomic E-state index is -4.58. The van der Waals surface area contributed by atoms with Crippen molar-refractivity contribution in [3.05, 3.63) is 120 Å². The van der Waals surface area contributed by atoms with Crippen LogP contribution in [0.3, 0.4) is 0 Å². The minimum absolute atomic E-state index is 0.148. The molecule has 0 bridgehead atoms. The van der Waals surface area contributed by atoms with Gasteiger partial charge in [-0.05, 0) is 60.7 Å². The van der Waals surface area contributed by atoms with E-state index in [0.29, 0.717) is 38.9 Å². The molecule has 0 amide bonds. The largest absolute Gasteiger partial charge is 0.355 e. The summed E-state index contributed by atoms with van der Waals surface area (Å²) in [5, 5.41) is 22.5. The summed E-state index contributed by atoms with van der Waals surface area (Å²) in [6.45, 7) is 0. The van der Waals surface area contributed by atoms with E-state index in [9.17, 15) is 25.9 Å². The summed E-state index contributed by atoms with van der Waals surface area (Å²) >= 11 is 5.90. The zero-order chi connectivity index (χ0) is 32.5. The maximum absolute atomic E-state index is 12.4. The molecule has 46 heavy (non-hydrogen) atoms. The Hall–Kier alpha value is -5.05. The highest BCUT2D eigenvalue weighted by Gasteiger charge is 2.19. The molecule has 0 aliphatic rings. The molecule has 14 heteroatoms. The Morgan fingerprint density at radius 1 is 0.543 bits per heavy atom. The summed E-state index contributed by atoms with van der Waals surface area (Å²) in [7, 11) is -9.13. The Bertz CT molecular complexity index is 2420. The molecular formula is C32H22ClN5O6S2. The van der Waals surface area contributed by atoms with Gasteiger partial charge < -0.3 is 5.32 Å². The first kappa shape index (κ1) is 31.0. The predicted molar refractivity (Wildman–Crippen MR) is 177 cm³/mol. The molecule has 0 saturated heterocycles. The van der Waals surface area contributed by atoms with Gasteiger partial charge in [0.2, 0.25) is 0 Å². The van der Waals surface area contributed by atoms with Gasteiger partial charge in [0.1, 0.15) is 9.79 Å². The van der Waals surface area contributed by atoms with Crippen LogP contribution in [0.5, 0.6) is 0 Å².